The molecule has 26 heavy (non-hydrogen) atoms. The Kier molecular flexibility index (Phi) is 5.57. The molecule has 0 bridgehead atoms. The van der Waals surface area contributed by atoms with Gasteiger partial charge in [-0.1, -0.05) is 12.1 Å². The third kappa shape index (κ3) is 4.23. The van der Waals surface area contributed by atoms with Crippen molar-refractivity contribution in [3.8, 4) is 11.5 Å². The van der Waals surface area contributed by atoms with E-state index < -0.39 is 12.1 Å². The number of hydrogen-bond donors (Lipinski definition) is 3. The lowest BCUT2D eigenvalue weighted by atomic mass is 10.2. The average molecular weight is 363 g/mol. The van der Waals surface area contributed by atoms with Crippen molar-refractivity contribution < 1.29 is 28.8 Å². The molecule has 9 nitrogen and oxygen atoms in total. The average Bonchev–Trinajstić information content (AvgIpc) is 2.67. The number of rotatable bonds is 3. The van der Waals surface area contributed by atoms with Crippen molar-refractivity contribution in [1.82, 2.24) is 15.5 Å². The highest BCUT2D eigenvalue weighted by Crippen LogP contribution is 2.31. The molecule has 140 valence electrons. The zero-order valence-electron chi connectivity index (χ0n) is 14.6. The zero-order valence-corrected chi connectivity index (χ0v) is 14.6. The molecule has 1 aromatic rings. The number of ether oxygens (including phenoxy) is 2. The van der Waals surface area contributed by atoms with Crippen molar-refractivity contribution in [2.45, 2.75) is 6.10 Å². The molecule has 4 amide bonds. The van der Waals surface area contributed by atoms with Gasteiger partial charge in [0.25, 0.3) is 11.8 Å². The van der Waals surface area contributed by atoms with Crippen LogP contribution in [0.5, 0.6) is 11.5 Å². The maximum Gasteiger partial charge on any atom is 0.321 e. The highest BCUT2D eigenvalue weighted by Gasteiger charge is 2.34. The number of nitrogens with one attached hydrogen (secondary N) is 3. The van der Waals surface area contributed by atoms with Gasteiger partial charge in [0.15, 0.2) is 18.0 Å². The maximum atomic E-state index is 12.7. The molecule has 9 heteroatoms. The highest BCUT2D eigenvalue weighted by molar-refractivity contribution is 5.94. The Hall–Kier alpha value is -2.81. The largest absolute Gasteiger partial charge is 0.485 e. The minimum atomic E-state index is -0.650. The van der Waals surface area contributed by atoms with Gasteiger partial charge >= 0.3 is 6.03 Å². The van der Waals surface area contributed by atoms with Crippen LogP contribution in [0.15, 0.2) is 24.3 Å². The van der Waals surface area contributed by atoms with E-state index in [0.29, 0.717) is 37.7 Å². The summed E-state index contributed by atoms with van der Waals surface area (Å²) < 4.78 is 11.4. The molecule has 0 radical (unpaired) electrons. The number of para-hydroxylation sites is 2. The summed E-state index contributed by atoms with van der Waals surface area (Å²) in [6.45, 7) is 2.73. The first-order valence-corrected chi connectivity index (χ1v) is 8.59. The number of carbonyl (C=O) groups excluding carboxylic acids is 3. The SMILES string of the molecule is CNC(=O)NC(=O)C[NH+]1CCN(C(=O)[C@@H]2COc3ccccc3O2)CC1. The molecule has 1 saturated heterocycles. The normalized spacial score (nSPS) is 19.6. The molecule has 0 unspecified atom stereocenters. The summed E-state index contributed by atoms with van der Waals surface area (Å²) >= 11 is 0. The molecule has 2 aliphatic rings. The third-order valence-corrected chi connectivity index (χ3v) is 4.46. The van der Waals surface area contributed by atoms with Crippen LogP contribution >= 0.6 is 0 Å². The van der Waals surface area contributed by atoms with Gasteiger partial charge in [-0.15, -0.1) is 0 Å². The van der Waals surface area contributed by atoms with Crippen molar-refractivity contribution >= 4 is 17.8 Å². The number of hydrogen-bond acceptors (Lipinski definition) is 5. The van der Waals surface area contributed by atoms with Gasteiger partial charge in [-0.3, -0.25) is 14.9 Å². The summed E-state index contributed by atoms with van der Waals surface area (Å²) in [7, 11) is 1.45. The molecule has 1 fully saturated rings. The van der Waals surface area contributed by atoms with E-state index in [0.717, 1.165) is 4.90 Å². The molecule has 0 saturated carbocycles. The molecular weight excluding hydrogens is 340 g/mol. The highest BCUT2D eigenvalue weighted by atomic mass is 16.6. The number of quaternary nitrogens is 1. The number of nitrogens with zero attached hydrogens (tertiary/aromatic N) is 1. The molecule has 0 aliphatic carbocycles. The molecule has 1 aromatic carbocycles. The van der Waals surface area contributed by atoms with E-state index in [4.69, 9.17) is 9.47 Å². The van der Waals surface area contributed by atoms with Crippen LogP contribution in [0.25, 0.3) is 0 Å². The van der Waals surface area contributed by atoms with E-state index in [1.807, 2.05) is 18.2 Å². The Labute approximate surface area is 151 Å². The monoisotopic (exact) mass is 363 g/mol. The summed E-state index contributed by atoms with van der Waals surface area (Å²) in [6.07, 6.45) is -0.650. The number of urea groups is 1. The smallest absolute Gasteiger partial charge is 0.321 e. The standard InChI is InChI=1S/C17H22N4O5/c1-18-17(24)19-15(22)10-20-6-8-21(9-7-20)16(23)14-11-25-12-4-2-3-5-13(12)26-14/h2-5,14H,6-11H2,1H3,(H2,18,19,22,24)/p+1/t14-/m0/s1. The second-order valence-electron chi connectivity index (χ2n) is 6.24. The molecular formula is C17H23N4O5+. The Bertz CT molecular complexity index is 687. The second-order valence-corrected chi connectivity index (χ2v) is 6.24. The van der Waals surface area contributed by atoms with Crippen LogP contribution in [0.1, 0.15) is 0 Å². The molecule has 1 atom stereocenters. The predicted octanol–water partition coefficient (Wildman–Crippen LogP) is -1.99. The lowest BCUT2D eigenvalue weighted by molar-refractivity contribution is -0.896. The van der Waals surface area contributed by atoms with Gasteiger partial charge in [-0.25, -0.2) is 4.79 Å². The Morgan fingerprint density at radius 2 is 1.88 bits per heavy atom. The molecule has 2 aliphatic heterocycles. The topological polar surface area (TPSA) is 101 Å². The van der Waals surface area contributed by atoms with Crippen molar-refractivity contribution in [3.63, 3.8) is 0 Å². The van der Waals surface area contributed by atoms with Crippen LogP contribution in [-0.2, 0) is 9.59 Å². The molecule has 0 spiro atoms. The minimum Gasteiger partial charge on any atom is -0.485 e. The van der Waals surface area contributed by atoms with Gasteiger partial charge in [0.2, 0.25) is 6.10 Å². The third-order valence-electron chi connectivity index (χ3n) is 4.46. The Morgan fingerprint density at radius 3 is 2.58 bits per heavy atom. The van der Waals surface area contributed by atoms with Crippen molar-refractivity contribution in [1.29, 1.82) is 0 Å². The molecule has 3 N–H and O–H groups in total. The summed E-state index contributed by atoms with van der Waals surface area (Å²) in [5.74, 6) is 0.785. The van der Waals surface area contributed by atoms with Gasteiger partial charge in [0.1, 0.15) is 6.61 Å². The molecule has 0 aromatic heterocycles. The Morgan fingerprint density at radius 1 is 1.19 bits per heavy atom. The number of imide groups is 1. The second kappa shape index (κ2) is 8.05. The van der Waals surface area contributed by atoms with E-state index in [1.54, 1.807) is 11.0 Å². The number of fused-ring (bicyclic) bond motifs is 1. The summed E-state index contributed by atoms with van der Waals surface area (Å²) in [6, 6.07) is 6.76. The van der Waals surface area contributed by atoms with Crippen LogP contribution in [0.3, 0.4) is 0 Å². The Balaban J connectivity index is 1.47. The summed E-state index contributed by atoms with van der Waals surface area (Å²) in [4.78, 5) is 38.3. The fraction of sp³-hybridized carbons (Fsp3) is 0.471. The summed E-state index contributed by atoms with van der Waals surface area (Å²) in [5, 5.41) is 4.58. The first-order chi connectivity index (χ1) is 12.6. The van der Waals surface area contributed by atoms with Crippen LogP contribution in [0, 0.1) is 0 Å². The van der Waals surface area contributed by atoms with E-state index >= 15 is 0 Å². The first-order valence-electron chi connectivity index (χ1n) is 8.59. The van der Waals surface area contributed by atoms with E-state index in [9.17, 15) is 14.4 Å². The fourth-order valence-corrected chi connectivity index (χ4v) is 3.03. The van der Waals surface area contributed by atoms with Crippen molar-refractivity contribution in [2.24, 2.45) is 0 Å². The van der Waals surface area contributed by atoms with Crippen molar-refractivity contribution in [2.75, 3.05) is 46.4 Å². The van der Waals surface area contributed by atoms with Gasteiger partial charge in [-0.2, -0.15) is 0 Å². The molecule has 3 rings (SSSR count). The van der Waals surface area contributed by atoms with Crippen LogP contribution in [0.2, 0.25) is 0 Å². The van der Waals surface area contributed by atoms with Gasteiger partial charge in [-0.05, 0) is 12.1 Å². The lowest BCUT2D eigenvalue weighted by Gasteiger charge is -2.35. The first kappa shape index (κ1) is 18.0. The maximum absolute atomic E-state index is 12.7. The van der Waals surface area contributed by atoms with Gasteiger partial charge in [0, 0.05) is 7.05 Å². The van der Waals surface area contributed by atoms with Crippen LogP contribution in [0.4, 0.5) is 4.79 Å². The van der Waals surface area contributed by atoms with Crippen molar-refractivity contribution in [3.05, 3.63) is 24.3 Å². The lowest BCUT2D eigenvalue weighted by Crippen LogP contribution is -3.16. The summed E-state index contributed by atoms with van der Waals surface area (Å²) in [5.41, 5.74) is 0. The fourth-order valence-electron chi connectivity index (χ4n) is 3.03. The number of piperazine rings is 1. The molecule has 2 heterocycles. The van der Waals surface area contributed by atoms with Crippen LogP contribution < -0.4 is 25.0 Å². The predicted molar refractivity (Wildman–Crippen MR) is 91.1 cm³/mol. The number of amides is 4. The zero-order chi connectivity index (χ0) is 18.5. The van der Waals surface area contributed by atoms with Crippen LogP contribution in [-0.4, -0.2) is 75.2 Å². The minimum absolute atomic E-state index is 0.103. The number of benzene rings is 1. The number of carbonyl (C=O) groups is 3. The van der Waals surface area contributed by atoms with E-state index in [2.05, 4.69) is 10.6 Å². The van der Waals surface area contributed by atoms with Gasteiger partial charge < -0.3 is 24.6 Å². The quantitative estimate of drug-likeness (QED) is 0.577. The van der Waals surface area contributed by atoms with E-state index in [1.165, 1.54) is 7.05 Å². The van der Waals surface area contributed by atoms with E-state index in [-0.39, 0.29) is 25.0 Å². The van der Waals surface area contributed by atoms with Gasteiger partial charge in [0.05, 0.1) is 26.2 Å².